The lowest BCUT2D eigenvalue weighted by molar-refractivity contribution is -0.161. The minimum atomic E-state index is -1.24. The molecule has 0 aliphatic heterocycles. The Morgan fingerprint density at radius 1 is 1.31 bits per heavy atom. The van der Waals surface area contributed by atoms with Crippen molar-refractivity contribution in [1.29, 1.82) is 0 Å². The minimum absolute atomic E-state index is 0.245. The number of hydrogen-bond acceptors (Lipinski definition) is 3. The van der Waals surface area contributed by atoms with Gasteiger partial charge in [0.25, 0.3) is 0 Å². The maximum atomic E-state index is 10.8. The van der Waals surface area contributed by atoms with E-state index in [2.05, 4.69) is 0 Å². The topological polar surface area (TPSA) is 77.8 Å². The maximum Gasteiger partial charge on any atom is 0.311 e. The van der Waals surface area contributed by atoms with Crippen LogP contribution in [0.3, 0.4) is 0 Å². The van der Waals surface area contributed by atoms with Gasteiger partial charge < -0.3 is 15.3 Å². The number of rotatable bonds is 4. The van der Waals surface area contributed by atoms with E-state index in [4.69, 9.17) is 10.2 Å². The second-order valence-corrected chi connectivity index (χ2v) is 4.58. The van der Waals surface area contributed by atoms with E-state index in [9.17, 15) is 9.90 Å². The van der Waals surface area contributed by atoms with Gasteiger partial charge in [-0.2, -0.15) is 0 Å². The monoisotopic (exact) mass is 190 g/mol. The molecular weight excluding hydrogens is 172 g/mol. The lowest BCUT2D eigenvalue weighted by atomic mass is 9.72. The van der Waals surface area contributed by atoms with Gasteiger partial charge in [-0.3, -0.25) is 4.79 Å². The predicted molar refractivity (Wildman–Crippen MR) is 48.3 cm³/mol. The molecule has 1 unspecified atom stereocenters. The maximum absolute atomic E-state index is 10.8. The molecule has 13 heavy (non-hydrogen) atoms. The number of aliphatic hydroxyl groups excluding tert-OH is 2. The van der Waals surface area contributed by atoms with Crippen molar-refractivity contribution in [2.24, 2.45) is 10.8 Å². The third-order valence-corrected chi connectivity index (χ3v) is 2.38. The van der Waals surface area contributed by atoms with Crippen molar-refractivity contribution in [3.63, 3.8) is 0 Å². The molecule has 0 heterocycles. The summed E-state index contributed by atoms with van der Waals surface area (Å²) in [5.41, 5.74) is -2.05. The molecule has 0 aromatic heterocycles. The van der Waals surface area contributed by atoms with Gasteiger partial charge in [-0.1, -0.05) is 13.8 Å². The van der Waals surface area contributed by atoms with Gasteiger partial charge in [-0.15, -0.1) is 0 Å². The summed E-state index contributed by atoms with van der Waals surface area (Å²) in [4.78, 5) is 10.8. The molecule has 0 spiro atoms. The van der Waals surface area contributed by atoms with E-state index in [0.717, 1.165) is 0 Å². The minimum Gasteiger partial charge on any atom is -0.481 e. The van der Waals surface area contributed by atoms with Crippen molar-refractivity contribution >= 4 is 5.97 Å². The van der Waals surface area contributed by atoms with Crippen LogP contribution in [-0.4, -0.2) is 34.0 Å². The molecule has 0 amide bonds. The van der Waals surface area contributed by atoms with Gasteiger partial charge in [0, 0.05) is 5.41 Å². The van der Waals surface area contributed by atoms with Crippen LogP contribution in [-0.2, 0) is 4.79 Å². The number of aliphatic hydroxyl groups is 2. The fourth-order valence-corrected chi connectivity index (χ4v) is 1.18. The highest BCUT2D eigenvalue weighted by Crippen LogP contribution is 2.33. The molecule has 0 bridgehead atoms. The summed E-state index contributed by atoms with van der Waals surface area (Å²) in [5, 5.41) is 27.5. The zero-order valence-electron chi connectivity index (χ0n) is 8.53. The molecular formula is C9H18O4. The SMILES string of the molecule is CC(C)(CO)C(O)C(C)(C)C(=O)O. The molecule has 0 aliphatic carbocycles. The fraction of sp³-hybridized carbons (Fsp3) is 0.889. The number of carboxylic acid groups (broad SMARTS) is 1. The van der Waals surface area contributed by atoms with E-state index in [0.29, 0.717) is 0 Å². The van der Waals surface area contributed by atoms with Crippen molar-refractivity contribution in [1.82, 2.24) is 0 Å². The van der Waals surface area contributed by atoms with E-state index < -0.39 is 22.9 Å². The summed E-state index contributed by atoms with van der Waals surface area (Å²) in [7, 11) is 0. The van der Waals surface area contributed by atoms with Crippen LogP contribution < -0.4 is 0 Å². The first kappa shape index (κ1) is 12.4. The second-order valence-electron chi connectivity index (χ2n) is 4.58. The Hall–Kier alpha value is -0.610. The molecule has 0 aliphatic rings. The summed E-state index contributed by atoms with van der Waals surface area (Å²) in [6, 6.07) is 0. The van der Waals surface area contributed by atoms with Gasteiger partial charge >= 0.3 is 5.97 Å². The van der Waals surface area contributed by atoms with Crippen LogP contribution in [0.2, 0.25) is 0 Å². The zero-order valence-corrected chi connectivity index (χ0v) is 8.53. The third kappa shape index (κ3) is 2.42. The third-order valence-electron chi connectivity index (χ3n) is 2.38. The zero-order chi connectivity index (χ0) is 10.9. The standard InChI is InChI=1S/C9H18O4/c1-8(2,5-10)6(11)9(3,4)7(12)13/h6,10-11H,5H2,1-4H3,(H,12,13). The molecule has 0 saturated heterocycles. The average Bonchev–Trinajstić information content (AvgIpc) is 2.02. The van der Waals surface area contributed by atoms with Crippen molar-refractivity contribution in [2.45, 2.75) is 33.8 Å². The smallest absolute Gasteiger partial charge is 0.311 e. The van der Waals surface area contributed by atoms with E-state index in [1.165, 1.54) is 13.8 Å². The lowest BCUT2D eigenvalue weighted by Gasteiger charge is -2.37. The first-order valence-corrected chi connectivity index (χ1v) is 4.18. The van der Waals surface area contributed by atoms with Gasteiger partial charge in [0.15, 0.2) is 0 Å². The van der Waals surface area contributed by atoms with Crippen LogP contribution in [0.1, 0.15) is 27.7 Å². The molecule has 4 heteroatoms. The highest BCUT2D eigenvalue weighted by atomic mass is 16.4. The Morgan fingerprint density at radius 3 is 1.92 bits per heavy atom. The van der Waals surface area contributed by atoms with Gasteiger partial charge in [0.05, 0.1) is 18.1 Å². The molecule has 0 aromatic rings. The number of carboxylic acids is 1. The number of carbonyl (C=O) groups is 1. The van der Waals surface area contributed by atoms with Crippen LogP contribution in [0.4, 0.5) is 0 Å². The van der Waals surface area contributed by atoms with Crippen molar-refractivity contribution in [3.05, 3.63) is 0 Å². The summed E-state index contributed by atoms with van der Waals surface area (Å²) in [6.07, 6.45) is -1.08. The Labute approximate surface area is 78.2 Å². The Balaban J connectivity index is 4.78. The van der Waals surface area contributed by atoms with E-state index in [1.807, 2.05) is 0 Å². The van der Waals surface area contributed by atoms with Gasteiger partial charge in [0.2, 0.25) is 0 Å². The molecule has 3 N–H and O–H groups in total. The van der Waals surface area contributed by atoms with Crippen LogP contribution >= 0.6 is 0 Å². The Morgan fingerprint density at radius 2 is 1.69 bits per heavy atom. The lowest BCUT2D eigenvalue weighted by Crippen LogP contribution is -2.47. The van der Waals surface area contributed by atoms with E-state index in [1.54, 1.807) is 13.8 Å². The first-order chi connectivity index (χ1) is 5.66. The molecule has 78 valence electrons. The molecule has 0 saturated carbocycles. The molecule has 1 atom stereocenters. The van der Waals surface area contributed by atoms with E-state index >= 15 is 0 Å². The molecule has 0 rings (SSSR count). The first-order valence-electron chi connectivity index (χ1n) is 4.18. The highest BCUT2D eigenvalue weighted by molar-refractivity contribution is 5.74. The van der Waals surface area contributed by atoms with E-state index in [-0.39, 0.29) is 6.61 Å². The normalized spacial score (nSPS) is 15.5. The van der Waals surface area contributed by atoms with Crippen molar-refractivity contribution in [3.8, 4) is 0 Å². The highest BCUT2D eigenvalue weighted by Gasteiger charge is 2.44. The van der Waals surface area contributed by atoms with Crippen LogP contribution in [0.15, 0.2) is 0 Å². The molecule has 0 aromatic carbocycles. The van der Waals surface area contributed by atoms with Crippen molar-refractivity contribution in [2.75, 3.05) is 6.61 Å². The molecule has 0 radical (unpaired) electrons. The van der Waals surface area contributed by atoms with Gasteiger partial charge in [-0.05, 0) is 13.8 Å². The summed E-state index contributed by atoms with van der Waals surface area (Å²) in [5.74, 6) is -1.07. The summed E-state index contributed by atoms with van der Waals surface area (Å²) in [6.45, 7) is 5.89. The summed E-state index contributed by atoms with van der Waals surface area (Å²) >= 11 is 0. The second kappa shape index (κ2) is 3.64. The number of hydrogen-bond donors (Lipinski definition) is 3. The van der Waals surface area contributed by atoms with Crippen LogP contribution in [0, 0.1) is 10.8 Å². The average molecular weight is 190 g/mol. The quantitative estimate of drug-likeness (QED) is 0.602. The Kier molecular flexibility index (Phi) is 3.47. The predicted octanol–water partition coefficient (Wildman–Crippen LogP) is 0.477. The van der Waals surface area contributed by atoms with Gasteiger partial charge in [0.1, 0.15) is 0 Å². The Bertz CT molecular complexity index is 196. The van der Waals surface area contributed by atoms with Crippen LogP contribution in [0.5, 0.6) is 0 Å². The fourth-order valence-electron chi connectivity index (χ4n) is 1.18. The molecule has 4 nitrogen and oxygen atoms in total. The van der Waals surface area contributed by atoms with Gasteiger partial charge in [-0.25, -0.2) is 0 Å². The van der Waals surface area contributed by atoms with Crippen LogP contribution in [0.25, 0.3) is 0 Å². The number of aliphatic carboxylic acids is 1. The summed E-state index contributed by atoms with van der Waals surface area (Å²) < 4.78 is 0. The molecule has 0 fully saturated rings. The van der Waals surface area contributed by atoms with Crippen molar-refractivity contribution < 1.29 is 20.1 Å². The largest absolute Gasteiger partial charge is 0.481 e.